The molecule has 1 aromatic heterocycles. The number of nitrogens with zero attached hydrogens (tertiary/aromatic N) is 4. The van der Waals surface area contributed by atoms with E-state index >= 15 is 0 Å². The number of alkyl halides is 6. The highest BCUT2D eigenvalue weighted by atomic mass is 19.4. The highest BCUT2D eigenvalue weighted by molar-refractivity contribution is 6.09. The van der Waals surface area contributed by atoms with Gasteiger partial charge in [0.1, 0.15) is 41.1 Å². The fourth-order valence-electron chi connectivity index (χ4n) is 7.47. The molecule has 3 aromatic rings. The van der Waals surface area contributed by atoms with Gasteiger partial charge in [-0.1, -0.05) is 0 Å². The summed E-state index contributed by atoms with van der Waals surface area (Å²) in [5, 5.41) is 9.52. The van der Waals surface area contributed by atoms with Gasteiger partial charge in [0, 0.05) is 44.8 Å². The van der Waals surface area contributed by atoms with E-state index in [9.17, 15) is 55.1 Å². The number of carbonyl (C=O) groups is 6. The molecule has 2 aromatic carbocycles. The second-order valence-corrected chi connectivity index (χ2v) is 19.6. The van der Waals surface area contributed by atoms with Gasteiger partial charge in [-0.15, -0.1) is 0 Å². The Hall–Kier alpha value is -6.96. The Balaban J connectivity index is 1.50. The molecule has 2 aliphatic heterocycles. The summed E-state index contributed by atoms with van der Waals surface area (Å²) in [7, 11) is 0. The molecule has 0 saturated carbocycles. The molecule has 20 nitrogen and oxygen atoms in total. The van der Waals surface area contributed by atoms with Gasteiger partial charge < -0.3 is 61.5 Å². The first-order valence-corrected chi connectivity index (χ1v) is 23.9. The topological polar surface area (TPSA) is 273 Å². The molecule has 2 unspecified atom stereocenters. The number of aromatic nitrogens is 2. The molecule has 0 bridgehead atoms. The normalized spacial score (nSPS) is 16.1. The van der Waals surface area contributed by atoms with Crippen LogP contribution in [0.25, 0.3) is 0 Å². The molecule has 0 radical (unpaired) electrons. The second kappa shape index (κ2) is 24.4. The zero-order valence-corrected chi connectivity index (χ0v) is 41.9. The van der Waals surface area contributed by atoms with Crippen molar-refractivity contribution in [2.45, 2.75) is 129 Å². The van der Waals surface area contributed by atoms with Crippen LogP contribution in [0.4, 0.5) is 58.7 Å². The van der Waals surface area contributed by atoms with Crippen molar-refractivity contribution in [3.05, 3.63) is 59.2 Å². The van der Waals surface area contributed by atoms with Crippen LogP contribution >= 0.6 is 0 Å². The minimum atomic E-state index is -5.03. The number of anilines is 4. The van der Waals surface area contributed by atoms with E-state index in [1.165, 1.54) is 9.80 Å². The molecule has 0 spiro atoms. The summed E-state index contributed by atoms with van der Waals surface area (Å²) >= 11 is 0. The minimum Gasteiger partial charge on any atom is -0.484 e. The van der Waals surface area contributed by atoms with E-state index in [-0.39, 0.29) is 58.4 Å². The summed E-state index contributed by atoms with van der Waals surface area (Å²) in [6.07, 6.45) is -10.7. The second-order valence-electron chi connectivity index (χ2n) is 19.6. The number of hydrogen-bond acceptors (Lipinski definition) is 13. The summed E-state index contributed by atoms with van der Waals surface area (Å²) in [6.45, 7) is 10.8. The average molecular weight is 1050 g/mol. The third kappa shape index (κ3) is 17.1. The molecule has 9 N–H and O–H groups in total. The van der Waals surface area contributed by atoms with Gasteiger partial charge in [-0.25, -0.2) is 19.6 Å². The van der Waals surface area contributed by atoms with E-state index in [0.29, 0.717) is 56.5 Å². The lowest BCUT2D eigenvalue weighted by molar-refractivity contribution is -0.368. The lowest BCUT2D eigenvalue weighted by Gasteiger charge is -2.25. The van der Waals surface area contributed by atoms with Crippen LogP contribution in [0, 0.1) is 0 Å². The SMILES string of the molecule is CC(C)(C)OC(=O)N1CCC(Oc2c(NC(=O)CCCCN)cc(C(F)(F)F)cc2NC(=O)c2cc(C(=O)Nc3cc(C(F)(F)F)cc(NC(=O)CCCC[NH3+])c3OC3CCN(C(=O)OC(C)(C)C)C3)ncn2)C1. The van der Waals surface area contributed by atoms with Gasteiger partial charge >= 0.3 is 24.5 Å². The van der Waals surface area contributed by atoms with Crippen molar-refractivity contribution in [2.24, 2.45) is 5.73 Å². The van der Waals surface area contributed by atoms with E-state index in [0.717, 1.165) is 12.4 Å². The Morgan fingerprint density at radius 3 is 1.34 bits per heavy atom. The molecule has 5 rings (SSSR count). The number of rotatable bonds is 18. The number of hydrogen-bond donors (Lipinski definition) is 6. The van der Waals surface area contributed by atoms with Gasteiger partial charge in [0.2, 0.25) is 11.8 Å². The van der Waals surface area contributed by atoms with Crippen molar-refractivity contribution in [2.75, 3.05) is 60.5 Å². The van der Waals surface area contributed by atoms with E-state index < -0.39 is 128 Å². The fraction of sp³-hybridized carbons (Fsp3) is 0.542. The number of benzene rings is 2. The van der Waals surface area contributed by atoms with Gasteiger partial charge in [0.15, 0.2) is 11.5 Å². The third-order valence-electron chi connectivity index (χ3n) is 10.9. The number of nitrogens with two attached hydrogens (primary N) is 1. The molecular formula is C48H63F6N10O10+. The molecule has 6 amide bonds. The van der Waals surface area contributed by atoms with Gasteiger partial charge in [-0.3, -0.25) is 19.2 Å². The monoisotopic (exact) mass is 1050 g/mol. The zero-order chi connectivity index (χ0) is 54.8. The third-order valence-corrected chi connectivity index (χ3v) is 10.9. The van der Waals surface area contributed by atoms with Crippen LogP contribution in [0.2, 0.25) is 0 Å². The molecule has 0 aliphatic carbocycles. The van der Waals surface area contributed by atoms with Crippen LogP contribution in [0.1, 0.15) is 125 Å². The molecule has 2 saturated heterocycles. The average Bonchev–Trinajstić information content (AvgIpc) is 3.97. The van der Waals surface area contributed by atoms with E-state index in [1.54, 1.807) is 41.5 Å². The van der Waals surface area contributed by atoms with Crippen LogP contribution in [-0.2, 0) is 31.4 Å². The molecule has 74 heavy (non-hydrogen) atoms. The van der Waals surface area contributed by atoms with Crippen molar-refractivity contribution in [3.63, 3.8) is 0 Å². The standard InChI is InChI=1S/C48H62F6N10O10/c1-45(2,3)73-43(69)63-17-13-29(24-63)71-39-31(59-37(65)11-7-9-15-55)19-27(47(49,50)51)21-33(39)61-41(67)35-23-36(58-26-57-35)42(68)62-34-22-28(48(52,53)54)20-32(60-38(66)12-8-10-16-56)40(34)72-30-14-18-64(25-30)44(70)74-46(4,5)6/h19-23,26,29-30H,7-18,24-25,55-56H2,1-6H3,(H,59,65)(H,60,66)(H,61,67)(H,62,68)/p+1. The van der Waals surface area contributed by atoms with Crippen LogP contribution in [0.3, 0.4) is 0 Å². The molecule has 3 heterocycles. The minimum absolute atomic E-state index is 0.0862. The highest BCUT2D eigenvalue weighted by Gasteiger charge is 2.38. The maximum absolute atomic E-state index is 14.5. The maximum Gasteiger partial charge on any atom is 0.416 e. The van der Waals surface area contributed by atoms with Crippen LogP contribution in [-0.4, -0.2) is 118 Å². The highest BCUT2D eigenvalue weighted by Crippen LogP contribution is 2.44. The zero-order valence-electron chi connectivity index (χ0n) is 41.9. The summed E-state index contributed by atoms with van der Waals surface area (Å²) in [6, 6.07) is 3.17. The van der Waals surface area contributed by atoms with E-state index in [2.05, 4.69) is 37.0 Å². The predicted octanol–water partition coefficient (Wildman–Crippen LogP) is 7.21. The quantitative estimate of drug-likeness (QED) is 0.0543. The fourth-order valence-corrected chi connectivity index (χ4v) is 7.47. The van der Waals surface area contributed by atoms with Crippen molar-refractivity contribution < 1.29 is 79.8 Å². The Morgan fingerprint density at radius 2 is 0.986 bits per heavy atom. The van der Waals surface area contributed by atoms with Gasteiger partial charge in [-0.2, -0.15) is 26.3 Å². The van der Waals surface area contributed by atoms with Gasteiger partial charge in [-0.05, 0) is 98.0 Å². The van der Waals surface area contributed by atoms with Crippen molar-refractivity contribution in [1.82, 2.24) is 19.8 Å². The maximum atomic E-state index is 14.5. The molecule has 2 fully saturated rings. The summed E-state index contributed by atoms with van der Waals surface area (Å²) < 4.78 is 110. The lowest BCUT2D eigenvalue weighted by atomic mass is 10.1. The van der Waals surface area contributed by atoms with Crippen LogP contribution in [0.5, 0.6) is 11.5 Å². The molecule has 2 aliphatic rings. The Kier molecular flexibility index (Phi) is 19.1. The van der Waals surface area contributed by atoms with E-state index in [1.807, 2.05) is 0 Å². The molecular weight excluding hydrogens is 991 g/mol. The Bertz CT molecular complexity index is 2370. The summed E-state index contributed by atoms with van der Waals surface area (Å²) in [4.78, 5) is 90.3. The van der Waals surface area contributed by atoms with Crippen molar-refractivity contribution >= 4 is 58.6 Å². The first kappa shape index (κ1) is 57.9. The first-order valence-electron chi connectivity index (χ1n) is 23.9. The van der Waals surface area contributed by atoms with Crippen molar-refractivity contribution in [3.8, 4) is 11.5 Å². The van der Waals surface area contributed by atoms with Crippen LogP contribution in [0.15, 0.2) is 36.7 Å². The number of amides is 6. The number of halogens is 6. The number of carbonyl (C=O) groups excluding carboxylic acids is 6. The number of nitrogens with one attached hydrogen (secondary N) is 4. The molecule has 26 heteroatoms. The van der Waals surface area contributed by atoms with Crippen molar-refractivity contribution in [1.29, 1.82) is 0 Å². The van der Waals surface area contributed by atoms with Gasteiger partial charge in [0.05, 0.1) is 53.5 Å². The molecule has 406 valence electrons. The smallest absolute Gasteiger partial charge is 0.416 e. The van der Waals surface area contributed by atoms with Crippen LogP contribution < -0.4 is 42.2 Å². The number of likely N-dealkylation sites (tertiary alicyclic amines) is 2. The summed E-state index contributed by atoms with van der Waals surface area (Å²) in [5.41, 5.74) is 1.56. The van der Waals surface area contributed by atoms with Gasteiger partial charge in [0.25, 0.3) is 11.8 Å². The Morgan fingerprint density at radius 1 is 0.608 bits per heavy atom. The number of ether oxygens (including phenoxy) is 4. The number of unbranched alkanes of at least 4 members (excludes halogenated alkanes) is 2. The largest absolute Gasteiger partial charge is 0.484 e. The Labute approximate surface area is 422 Å². The lowest BCUT2D eigenvalue weighted by Crippen LogP contribution is -2.50. The molecule has 2 atom stereocenters. The first-order chi connectivity index (χ1) is 34.5. The predicted molar refractivity (Wildman–Crippen MR) is 256 cm³/mol. The van der Waals surface area contributed by atoms with E-state index in [4.69, 9.17) is 24.7 Å². The summed E-state index contributed by atoms with van der Waals surface area (Å²) in [5.74, 6) is -4.65. The number of quaternary nitrogens is 1.